The molecular weight excluding hydrogens is 298 g/mol. The molecule has 21 heavy (non-hydrogen) atoms. The number of hydrogen-bond acceptors (Lipinski definition) is 4. The third kappa shape index (κ3) is 3.42. The van der Waals surface area contributed by atoms with Crippen LogP contribution in [0.3, 0.4) is 0 Å². The summed E-state index contributed by atoms with van der Waals surface area (Å²) >= 11 is 7.11. The number of thioether (sulfide) groups is 1. The number of nitrogens with two attached hydrogens (primary N) is 1. The first kappa shape index (κ1) is 15.3. The zero-order chi connectivity index (χ0) is 14.8. The molecule has 0 aliphatic carbocycles. The van der Waals surface area contributed by atoms with Crippen LogP contribution >= 0.6 is 24.0 Å². The molecule has 3 rings (SSSR count). The quantitative estimate of drug-likeness (QED) is 0.859. The van der Waals surface area contributed by atoms with Crippen LogP contribution in [0, 0.1) is 0 Å². The van der Waals surface area contributed by atoms with Gasteiger partial charge in [0.1, 0.15) is 0 Å². The SMILES string of the molecule is CC(C(N)=S)N1CCN(CC2CSc3ccccc32)CC1. The van der Waals surface area contributed by atoms with Crippen molar-refractivity contribution in [2.24, 2.45) is 5.73 Å². The predicted molar refractivity (Wildman–Crippen MR) is 94.2 cm³/mol. The lowest BCUT2D eigenvalue weighted by molar-refractivity contribution is 0.119. The molecule has 2 aliphatic rings. The van der Waals surface area contributed by atoms with Crippen LogP contribution in [-0.2, 0) is 0 Å². The van der Waals surface area contributed by atoms with Crippen molar-refractivity contribution >= 4 is 29.0 Å². The lowest BCUT2D eigenvalue weighted by atomic mass is 10.0. The zero-order valence-corrected chi connectivity index (χ0v) is 14.1. The van der Waals surface area contributed by atoms with E-state index >= 15 is 0 Å². The summed E-state index contributed by atoms with van der Waals surface area (Å²) in [6.07, 6.45) is 0. The first-order valence-corrected chi connectivity index (χ1v) is 9.02. The Morgan fingerprint density at radius 1 is 1.33 bits per heavy atom. The normalized spacial score (nSPS) is 24.7. The Morgan fingerprint density at radius 2 is 2.05 bits per heavy atom. The van der Waals surface area contributed by atoms with E-state index in [4.69, 9.17) is 18.0 Å². The second-order valence-corrected chi connectivity index (χ2v) is 7.49. The summed E-state index contributed by atoms with van der Waals surface area (Å²) in [5.74, 6) is 1.91. The number of nitrogens with zero attached hydrogens (tertiary/aromatic N) is 2. The Labute approximate surface area is 136 Å². The van der Waals surface area contributed by atoms with Gasteiger partial charge in [-0.25, -0.2) is 0 Å². The maximum atomic E-state index is 5.76. The summed E-state index contributed by atoms with van der Waals surface area (Å²) in [5.41, 5.74) is 7.30. The van der Waals surface area contributed by atoms with Crippen LogP contribution in [0.15, 0.2) is 29.2 Å². The van der Waals surface area contributed by atoms with Crippen LogP contribution in [0.1, 0.15) is 18.4 Å². The number of fused-ring (bicyclic) bond motifs is 1. The van der Waals surface area contributed by atoms with Crippen molar-refractivity contribution in [3.05, 3.63) is 29.8 Å². The van der Waals surface area contributed by atoms with Crippen LogP contribution < -0.4 is 5.73 Å². The minimum atomic E-state index is 0.227. The molecule has 2 aliphatic heterocycles. The summed E-state index contributed by atoms with van der Waals surface area (Å²) in [5, 5.41) is 0. The highest BCUT2D eigenvalue weighted by Gasteiger charge is 2.27. The van der Waals surface area contributed by atoms with Crippen molar-refractivity contribution in [1.82, 2.24) is 9.80 Å². The summed E-state index contributed by atoms with van der Waals surface area (Å²) in [6, 6.07) is 9.08. The van der Waals surface area contributed by atoms with Crippen LogP contribution in [0.4, 0.5) is 0 Å². The van der Waals surface area contributed by atoms with Gasteiger partial charge in [0.15, 0.2) is 0 Å². The Morgan fingerprint density at radius 3 is 2.76 bits per heavy atom. The molecule has 2 heterocycles. The largest absolute Gasteiger partial charge is 0.392 e. The highest BCUT2D eigenvalue weighted by atomic mass is 32.2. The van der Waals surface area contributed by atoms with Gasteiger partial charge in [-0.15, -0.1) is 11.8 Å². The molecule has 1 aromatic carbocycles. The van der Waals surface area contributed by atoms with Crippen molar-refractivity contribution in [3.8, 4) is 0 Å². The Hall–Kier alpha value is -0.620. The van der Waals surface area contributed by atoms with Crippen molar-refractivity contribution < 1.29 is 0 Å². The Kier molecular flexibility index (Phi) is 4.84. The number of rotatable bonds is 4. The molecule has 0 amide bonds. The van der Waals surface area contributed by atoms with Crippen molar-refractivity contribution in [1.29, 1.82) is 0 Å². The fourth-order valence-electron chi connectivity index (χ4n) is 3.21. The second-order valence-electron chi connectivity index (χ2n) is 5.96. The van der Waals surface area contributed by atoms with E-state index in [1.807, 2.05) is 11.8 Å². The zero-order valence-electron chi connectivity index (χ0n) is 12.5. The van der Waals surface area contributed by atoms with E-state index in [0.717, 1.165) is 26.2 Å². The van der Waals surface area contributed by atoms with Gasteiger partial charge in [-0.1, -0.05) is 30.4 Å². The Bertz CT molecular complexity index is 512. The van der Waals surface area contributed by atoms with E-state index in [0.29, 0.717) is 10.9 Å². The van der Waals surface area contributed by atoms with Gasteiger partial charge in [0.05, 0.1) is 11.0 Å². The fraction of sp³-hybridized carbons (Fsp3) is 0.562. The van der Waals surface area contributed by atoms with Crippen LogP contribution in [-0.4, -0.2) is 59.3 Å². The van der Waals surface area contributed by atoms with E-state index in [9.17, 15) is 0 Å². The number of benzene rings is 1. The maximum absolute atomic E-state index is 5.76. The summed E-state index contributed by atoms with van der Waals surface area (Å²) in [6.45, 7) is 7.67. The number of piperazine rings is 1. The van der Waals surface area contributed by atoms with E-state index in [-0.39, 0.29) is 6.04 Å². The number of hydrogen-bond donors (Lipinski definition) is 1. The van der Waals surface area contributed by atoms with Gasteiger partial charge < -0.3 is 10.6 Å². The molecule has 3 nitrogen and oxygen atoms in total. The van der Waals surface area contributed by atoms with E-state index in [2.05, 4.69) is 41.0 Å². The molecule has 1 fully saturated rings. The second kappa shape index (κ2) is 6.65. The van der Waals surface area contributed by atoms with Gasteiger partial charge in [-0.3, -0.25) is 4.90 Å². The molecule has 1 aromatic rings. The van der Waals surface area contributed by atoms with Crippen LogP contribution in [0.25, 0.3) is 0 Å². The lowest BCUT2D eigenvalue weighted by Crippen LogP contribution is -2.53. The topological polar surface area (TPSA) is 32.5 Å². The standard InChI is InChI=1S/C16H23N3S2/c1-12(16(17)20)19-8-6-18(7-9-19)10-13-11-21-15-5-3-2-4-14(13)15/h2-5,12-13H,6-11H2,1H3,(H2,17,20). The highest BCUT2D eigenvalue weighted by molar-refractivity contribution is 7.99. The maximum Gasteiger partial charge on any atom is 0.0899 e. The molecular formula is C16H23N3S2. The van der Waals surface area contributed by atoms with Gasteiger partial charge in [-0.2, -0.15) is 0 Å². The van der Waals surface area contributed by atoms with Crippen LogP contribution in [0.2, 0.25) is 0 Å². The summed E-state index contributed by atoms with van der Waals surface area (Å²) < 4.78 is 0. The number of thiocarbonyl (C=S) groups is 1. The first-order valence-electron chi connectivity index (χ1n) is 7.62. The fourth-order valence-corrected chi connectivity index (χ4v) is 4.60. The van der Waals surface area contributed by atoms with Crippen molar-refractivity contribution in [2.75, 3.05) is 38.5 Å². The third-order valence-corrected chi connectivity index (χ3v) is 6.24. The highest BCUT2D eigenvalue weighted by Crippen LogP contribution is 2.39. The average Bonchev–Trinajstić information content (AvgIpc) is 2.91. The van der Waals surface area contributed by atoms with E-state index in [1.54, 1.807) is 5.56 Å². The van der Waals surface area contributed by atoms with Gasteiger partial charge in [0.25, 0.3) is 0 Å². The third-order valence-electron chi connectivity index (χ3n) is 4.64. The van der Waals surface area contributed by atoms with Gasteiger partial charge in [-0.05, 0) is 18.6 Å². The monoisotopic (exact) mass is 321 g/mol. The molecule has 5 heteroatoms. The van der Waals surface area contributed by atoms with E-state index < -0.39 is 0 Å². The first-order chi connectivity index (χ1) is 10.1. The molecule has 1 saturated heterocycles. The smallest absolute Gasteiger partial charge is 0.0899 e. The predicted octanol–water partition coefficient (Wildman–Crippen LogP) is 2.17. The van der Waals surface area contributed by atoms with Crippen molar-refractivity contribution in [3.63, 3.8) is 0 Å². The van der Waals surface area contributed by atoms with Crippen LogP contribution in [0.5, 0.6) is 0 Å². The molecule has 0 spiro atoms. The molecule has 0 aromatic heterocycles. The average molecular weight is 322 g/mol. The van der Waals surface area contributed by atoms with Gasteiger partial charge >= 0.3 is 0 Å². The summed E-state index contributed by atoms with van der Waals surface area (Å²) in [7, 11) is 0. The molecule has 0 bridgehead atoms. The Balaban J connectivity index is 1.54. The molecule has 0 saturated carbocycles. The molecule has 2 atom stereocenters. The minimum absolute atomic E-state index is 0.227. The molecule has 2 unspecified atom stereocenters. The van der Waals surface area contributed by atoms with Gasteiger partial charge in [0, 0.05) is 49.3 Å². The summed E-state index contributed by atoms with van der Waals surface area (Å²) in [4.78, 5) is 7.08. The molecule has 0 radical (unpaired) electrons. The molecule has 2 N–H and O–H groups in total. The van der Waals surface area contributed by atoms with E-state index in [1.165, 1.54) is 17.2 Å². The van der Waals surface area contributed by atoms with Gasteiger partial charge in [0.2, 0.25) is 0 Å². The lowest BCUT2D eigenvalue weighted by Gasteiger charge is -2.38. The minimum Gasteiger partial charge on any atom is -0.392 e. The van der Waals surface area contributed by atoms with Crippen molar-refractivity contribution in [2.45, 2.75) is 23.8 Å². The molecule has 114 valence electrons.